The standard InChI is InChI=1S/C12H14F3N3O/c13-12(14,15)9-6-2-5-8(10(9)18-16)11(19)17-7-3-1-4-7/h2,5-7,18H,1,3-4,16H2,(H,17,19). The van der Waals surface area contributed by atoms with E-state index in [0.717, 1.165) is 25.3 Å². The van der Waals surface area contributed by atoms with E-state index in [1.807, 2.05) is 5.43 Å². The van der Waals surface area contributed by atoms with E-state index in [9.17, 15) is 18.0 Å². The lowest BCUT2D eigenvalue weighted by Gasteiger charge is -2.27. The van der Waals surface area contributed by atoms with Crippen molar-refractivity contribution in [1.29, 1.82) is 0 Å². The Morgan fingerprint density at radius 3 is 2.47 bits per heavy atom. The molecule has 4 nitrogen and oxygen atoms in total. The lowest BCUT2D eigenvalue weighted by atomic mass is 9.92. The van der Waals surface area contributed by atoms with Crippen molar-refractivity contribution in [2.24, 2.45) is 5.84 Å². The first kappa shape index (κ1) is 13.7. The number of benzene rings is 1. The van der Waals surface area contributed by atoms with Crippen molar-refractivity contribution in [1.82, 2.24) is 5.32 Å². The number of hydrazine groups is 1. The van der Waals surface area contributed by atoms with Crippen LogP contribution in [0.5, 0.6) is 0 Å². The summed E-state index contributed by atoms with van der Waals surface area (Å²) in [5.74, 6) is 4.60. The summed E-state index contributed by atoms with van der Waals surface area (Å²) in [7, 11) is 0. The van der Waals surface area contributed by atoms with Crippen molar-refractivity contribution in [2.45, 2.75) is 31.5 Å². The van der Waals surface area contributed by atoms with Gasteiger partial charge in [-0.15, -0.1) is 0 Å². The van der Waals surface area contributed by atoms with Gasteiger partial charge in [-0.2, -0.15) is 13.2 Å². The van der Waals surface area contributed by atoms with Gasteiger partial charge in [-0.25, -0.2) is 0 Å². The first-order valence-electron chi connectivity index (χ1n) is 5.91. The Balaban J connectivity index is 2.31. The molecule has 0 aromatic heterocycles. The van der Waals surface area contributed by atoms with Gasteiger partial charge < -0.3 is 10.7 Å². The van der Waals surface area contributed by atoms with Gasteiger partial charge in [-0.1, -0.05) is 6.07 Å². The number of amides is 1. The first-order chi connectivity index (χ1) is 8.93. The maximum absolute atomic E-state index is 12.8. The van der Waals surface area contributed by atoms with Gasteiger partial charge in [0.1, 0.15) is 0 Å². The molecule has 104 valence electrons. The second-order valence-electron chi connectivity index (χ2n) is 4.47. The Labute approximate surface area is 108 Å². The zero-order valence-electron chi connectivity index (χ0n) is 10.1. The summed E-state index contributed by atoms with van der Waals surface area (Å²) >= 11 is 0. The number of para-hydroxylation sites is 1. The zero-order chi connectivity index (χ0) is 14.0. The summed E-state index contributed by atoms with van der Waals surface area (Å²) in [4.78, 5) is 11.9. The summed E-state index contributed by atoms with van der Waals surface area (Å²) in [6.45, 7) is 0. The Morgan fingerprint density at radius 2 is 2.00 bits per heavy atom. The Morgan fingerprint density at radius 1 is 1.32 bits per heavy atom. The van der Waals surface area contributed by atoms with Crippen LogP contribution in [-0.4, -0.2) is 11.9 Å². The van der Waals surface area contributed by atoms with Gasteiger partial charge in [-0.05, 0) is 31.4 Å². The second-order valence-corrected chi connectivity index (χ2v) is 4.47. The monoisotopic (exact) mass is 273 g/mol. The Hall–Kier alpha value is -1.76. The number of nitrogen functional groups attached to an aromatic ring is 1. The van der Waals surface area contributed by atoms with Gasteiger partial charge in [0.2, 0.25) is 0 Å². The molecule has 19 heavy (non-hydrogen) atoms. The minimum Gasteiger partial charge on any atom is -0.349 e. The molecule has 0 saturated heterocycles. The molecule has 0 heterocycles. The number of hydrogen-bond donors (Lipinski definition) is 3. The quantitative estimate of drug-likeness (QED) is 0.584. The molecule has 0 unspecified atom stereocenters. The van der Waals surface area contributed by atoms with Gasteiger partial charge in [0.15, 0.2) is 0 Å². The SMILES string of the molecule is NNc1c(C(=O)NC2CCC2)cccc1C(F)(F)F. The largest absolute Gasteiger partial charge is 0.418 e. The van der Waals surface area contributed by atoms with Gasteiger partial charge in [0.05, 0.1) is 16.8 Å². The maximum atomic E-state index is 12.8. The van der Waals surface area contributed by atoms with E-state index in [4.69, 9.17) is 5.84 Å². The van der Waals surface area contributed by atoms with Gasteiger partial charge in [-0.3, -0.25) is 10.6 Å². The Kier molecular flexibility index (Phi) is 3.66. The van der Waals surface area contributed by atoms with E-state index >= 15 is 0 Å². The third-order valence-electron chi connectivity index (χ3n) is 3.20. The predicted octanol–water partition coefficient (Wildman–Crippen LogP) is 2.27. The van der Waals surface area contributed by atoms with Crippen LogP contribution in [0, 0.1) is 0 Å². The van der Waals surface area contributed by atoms with Crippen LogP contribution < -0.4 is 16.6 Å². The van der Waals surface area contributed by atoms with Crippen LogP contribution in [0.25, 0.3) is 0 Å². The first-order valence-corrected chi connectivity index (χ1v) is 5.91. The number of anilines is 1. The smallest absolute Gasteiger partial charge is 0.349 e. The molecule has 1 saturated carbocycles. The molecular weight excluding hydrogens is 259 g/mol. The molecule has 4 N–H and O–H groups in total. The fourth-order valence-electron chi connectivity index (χ4n) is 1.95. The Bertz CT molecular complexity index is 484. The molecule has 0 bridgehead atoms. The van der Waals surface area contributed by atoms with Crippen molar-refractivity contribution in [3.8, 4) is 0 Å². The normalized spacial score (nSPS) is 15.8. The number of nitrogens with two attached hydrogens (primary N) is 1. The lowest BCUT2D eigenvalue weighted by Crippen LogP contribution is -2.40. The van der Waals surface area contributed by atoms with E-state index in [0.29, 0.717) is 0 Å². The number of alkyl halides is 3. The number of rotatable bonds is 3. The average molecular weight is 273 g/mol. The highest BCUT2D eigenvalue weighted by Gasteiger charge is 2.35. The van der Waals surface area contributed by atoms with Crippen LogP contribution in [0.15, 0.2) is 18.2 Å². The van der Waals surface area contributed by atoms with Crippen LogP contribution >= 0.6 is 0 Å². The molecule has 1 fully saturated rings. The molecule has 1 aromatic rings. The molecular formula is C12H14F3N3O. The summed E-state index contributed by atoms with van der Waals surface area (Å²) in [5.41, 5.74) is 0.542. The predicted molar refractivity (Wildman–Crippen MR) is 64.4 cm³/mol. The fraction of sp³-hybridized carbons (Fsp3) is 0.417. The summed E-state index contributed by atoms with van der Waals surface area (Å²) in [6.07, 6.45) is -1.82. The van der Waals surface area contributed by atoms with Crippen molar-refractivity contribution >= 4 is 11.6 Å². The fourth-order valence-corrected chi connectivity index (χ4v) is 1.95. The van der Waals surface area contributed by atoms with Crippen molar-refractivity contribution in [2.75, 3.05) is 5.43 Å². The van der Waals surface area contributed by atoms with Gasteiger partial charge >= 0.3 is 6.18 Å². The summed E-state index contributed by atoms with van der Waals surface area (Å²) < 4.78 is 38.4. The van der Waals surface area contributed by atoms with Crippen LogP contribution in [0.3, 0.4) is 0 Å². The third kappa shape index (κ3) is 2.81. The van der Waals surface area contributed by atoms with Crippen LogP contribution in [0.2, 0.25) is 0 Å². The zero-order valence-corrected chi connectivity index (χ0v) is 10.1. The van der Waals surface area contributed by atoms with Crippen LogP contribution in [0.4, 0.5) is 18.9 Å². The van der Waals surface area contributed by atoms with E-state index in [1.165, 1.54) is 12.1 Å². The molecule has 0 atom stereocenters. The molecule has 7 heteroatoms. The molecule has 1 aliphatic rings. The van der Waals surface area contributed by atoms with Crippen molar-refractivity contribution in [3.63, 3.8) is 0 Å². The van der Waals surface area contributed by atoms with E-state index in [1.54, 1.807) is 0 Å². The number of hydrogen-bond acceptors (Lipinski definition) is 3. The molecule has 0 radical (unpaired) electrons. The van der Waals surface area contributed by atoms with Gasteiger partial charge in [0.25, 0.3) is 5.91 Å². The minimum absolute atomic E-state index is 0.0488. The van der Waals surface area contributed by atoms with Crippen molar-refractivity contribution in [3.05, 3.63) is 29.3 Å². The average Bonchev–Trinajstić information content (AvgIpc) is 2.31. The number of carbonyl (C=O) groups is 1. The third-order valence-corrected chi connectivity index (χ3v) is 3.20. The topological polar surface area (TPSA) is 67.1 Å². The van der Waals surface area contributed by atoms with E-state index in [2.05, 4.69) is 5.32 Å². The highest BCUT2D eigenvalue weighted by Crippen LogP contribution is 2.36. The summed E-state index contributed by atoms with van der Waals surface area (Å²) in [5, 5.41) is 2.68. The van der Waals surface area contributed by atoms with Crippen molar-refractivity contribution < 1.29 is 18.0 Å². The number of carbonyl (C=O) groups excluding carboxylic acids is 1. The van der Waals surface area contributed by atoms with Crippen LogP contribution in [-0.2, 0) is 6.18 Å². The molecule has 1 aliphatic carbocycles. The van der Waals surface area contributed by atoms with E-state index < -0.39 is 23.3 Å². The molecule has 2 rings (SSSR count). The number of halogens is 3. The second kappa shape index (κ2) is 5.08. The molecule has 1 amide bonds. The lowest BCUT2D eigenvalue weighted by molar-refractivity contribution is -0.137. The minimum atomic E-state index is -4.56. The maximum Gasteiger partial charge on any atom is 0.418 e. The van der Waals surface area contributed by atoms with E-state index in [-0.39, 0.29) is 11.6 Å². The summed E-state index contributed by atoms with van der Waals surface area (Å²) in [6, 6.07) is 3.44. The highest BCUT2D eigenvalue weighted by atomic mass is 19.4. The molecule has 0 aliphatic heterocycles. The number of nitrogens with one attached hydrogen (secondary N) is 2. The molecule has 0 spiro atoms. The molecule has 1 aromatic carbocycles. The van der Waals surface area contributed by atoms with Crippen LogP contribution in [0.1, 0.15) is 35.2 Å². The highest BCUT2D eigenvalue weighted by molar-refractivity contribution is 6.00. The van der Waals surface area contributed by atoms with Gasteiger partial charge in [0, 0.05) is 6.04 Å².